The van der Waals surface area contributed by atoms with Crippen LogP contribution < -0.4 is 10.7 Å². The number of esters is 1. The zero-order chi connectivity index (χ0) is 23.5. The van der Waals surface area contributed by atoms with E-state index in [1.54, 1.807) is 19.1 Å². The van der Waals surface area contributed by atoms with Crippen molar-refractivity contribution in [3.8, 4) is 0 Å². The van der Waals surface area contributed by atoms with E-state index in [0.29, 0.717) is 11.3 Å². The Morgan fingerprint density at radius 1 is 1.22 bits per heavy atom. The van der Waals surface area contributed by atoms with Crippen LogP contribution in [-0.4, -0.2) is 47.0 Å². The highest BCUT2D eigenvalue weighted by atomic mass is 16.5. The van der Waals surface area contributed by atoms with Crippen molar-refractivity contribution >= 4 is 29.5 Å². The molecule has 10 nitrogen and oxygen atoms in total. The highest BCUT2D eigenvalue weighted by molar-refractivity contribution is 5.97. The Kier molecular flexibility index (Phi) is 6.61. The third-order valence-electron chi connectivity index (χ3n) is 4.95. The van der Waals surface area contributed by atoms with Gasteiger partial charge in [-0.1, -0.05) is 38.1 Å². The number of nitrogens with zero attached hydrogens (tertiary/aromatic N) is 2. The van der Waals surface area contributed by atoms with E-state index < -0.39 is 36.2 Å². The maximum absolute atomic E-state index is 12.5. The van der Waals surface area contributed by atoms with Crippen LogP contribution >= 0.6 is 0 Å². The molecular formula is C22H26N4O6. The van der Waals surface area contributed by atoms with Crippen molar-refractivity contribution in [1.82, 2.24) is 15.6 Å². The largest absolute Gasteiger partial charge is 0.455 e. The van der Waals surface area contributed by atoms with Crippen molar-refractivity contribution in [2.45, 2.75) is 39.5 Å². The zero-order valence-electron chi connectivity index (χ0n) is 18.4. The summed E-state index contributed by atoms with van der Waals surface area (Å²) in [4.78, 5) is 48.8. The predicted octanol–water partition coefficient (Wildman–Crippen LogP) is 1.96. The maximum atomic E-state index is 12.5. The number of carbonyl (C=O) groups is 4. The van der Waals surface area contributed by atoms with E-state index in [-0.39, 0.29) is 24.2 Å². The summed E-state index contributed by atoms with van der Waals surface area (Å²) in [7, 11) is 0. The summed E-state index contributed by atoms with van der Waals surface area (Å²) < 4.78 is 9.83. The number of hydrazine groups is 1. The second-order valence-electron chi connectivity index (χ2n) is 8.65. The van der Waals surface area contributed by atoms with Gasteiger partial charge in [0, 0.05) is 18.1 Å². The summed E-state index contributed by atoms with van der Waals surface area (Å²) in [5, 5.41) is 7.14. The van der Waals surface area contributed by atoms with Crippen LogP contribution in [0.1, 0.15) is 48.9 Å². The molecule has 2 N–H and O–H groups in total. The van der Waals surface area contributed by atoms with E-state index in [2.05, 4.69) is 36.7 Å². The first-order valence-electron chi connectivity index (χ1n) is 10.1. The number of aryl methyl sites for hydroxylation is 1. The van der Waals surface area contributed by atoms with E-state index in [9.17, 15) is 19.2 Å². The molecule has 1 aliphatic rings. The molecule has 2 aromatic rings. The zero-order valence-corrected chi connectivity index (χ0v) is 18.4. The number of hydrogen-bond acceptors (Lipinski definition) is 7. The van der Waals surface area contributed by atoms with E-state index >= 15 is 0 Å². The van der Waals surface area contributed by atoms with Crippen LogP contribution in [0.2, 0.25) is 0 Å². The van der Waals surface area contributed by atoms with Crippen LogP contribution in [-0.2, 0) is 24.5 Å². The van der Waals surface area contributed by atoms with Crippen LogP contribution in [0.15, 0.2) is 34.9 Å². The van der Waals surface area contributed by atoms with Gasteiger partial charge < -0.3 is 14.6 Å². The molecule has 0 radical (unpaired) electrons. The molecule has 3 rings (SSSR count). The average molecular weight is 442 g/mol. The molecule has 1 aromatic carbocycles. The number of benzene rings is 1. The molecule has 0 spiro atoms. The second kappa shape index (κ2) is 9.21. The Hall–Kier alpha value is -3.69. The smallest absolute Gasteiger partial charge is 0.311 e. The molecule has 0 saturated carbocycles. The summed E-state index contributed by atoms with van der Waals surface area (Å²) in [6.45, 7) is 7.33. The minimum Gasteiger partial charge on any atom is -0.455 e. The molecule has 2 heterocycles. The van der Waals surface area contributed by atoms with Crippen LogP contribution in [0.25, 0.3) is 0 Å². The Morgan fingerprint density at radius 3 is 2.50 bits per heavy atom. The van der Waals surface area contributed by atoms with Gasteiger partial charge >= 0.3 is 5.97 Å². The molecule has 32 heavy (non-hydrogen) atoms. The van der Waals surface area contributed by atoms with Gasteiger partial charge in [0.15, 0.2) is 12.4 Å². The van der Waals surface area contributed by atoms with Crippen molar-refractivity contribution in [3.63, 3.8) is 0 Å². The van der Waals surface area contributed by atoms with Crippen molar-refractivity contribution in [2.24, 2.45) is 5.92 Å². The van der Waals surface area contributed by atoms with Crippen molar-refractivity contribution in [1.29, 1.82) is 0 Å². The normalized spacial score (nSPS) is 16.1. The topological polar surface area (TPSA) is 131 Å². The molecule has 10 heteroatoms. The van der Waals surface area contributed by atoms with Crippen LogP contribution in [0.4, 0.5) is 5.82 Å². The van der Waals surface area contributed by atoms with Gasteiger partial charge in [0.25, 0.3) is 11.8 Å². The van der Waals surface area contributed by atoms with Gasteiger partial charge in [0.2, 0.25) is 5.91 Å². The quantitative estimate of drug-likeness (QED) is 0.654. The molecule has 1 aliphatic heterocycles. The Labute approximate surface area is 185 Å². The van der Waals surface area contributed by atoms with Crippen LogP contribution in [0, 0.1) is 12.8 Å². The highest BCUT2D eigenvalue weighted by Crippen LogP contribution is 2.22. The Morgan fingerprint density at radius 2 is 1.91 bits per heavy atom. The number of nitrogens with one attached hydrogen (secondary N) is 2. The summed E-state index contributed by atoms with van der Waals surface area (Å²) in [5.41, 5.74) is 3.96. The monoisotopic (exact) mass is 442 g/mol. The standard InChI is InChI=1S/C22H26N4O6/c1-13-9-17(25-32-13)23-18(27)12-31-21(30)15-10-19(28)26(11-15)24-20(29)14-5-7-16(8-6-14)22(2,3)4/h5-9,15H,10-12H2,1-4H3,(H,24,29)(H,23,25,27)/t15-/m1/s1. The molecule has 1 saturated heterocycles. The highest BCUT2D eigenvalue weighted by Gasteiger charge is 2.36. The molecule has 1 aromatic heterocycles. The third-order valence-corrected chi connectivity index (χ3v) is 4.95. The molecule has 1 fully saturated rings. The molecule has 170 valence electrons. The van der Waals surface area contributed by atoms with Gasteiger partial charge in [-0.3, -0.25) is 29.6 Å². The van der Waals surface area contributed by atoms with Gasteiger partial charge in [-0.25, -0.2) is 0 Å². The summed E-state index contributed by atoms with van der Waals surface area (Å²) in [5.74, 6) is -2.19. The minimum atomic E-state index is -0.784. The Bertz CT molecular complexity index is 1020. The lowest BCUT2D eigenvalue weighted by atomic mass is 9.87. The first-order chi connectivity index (χ1) is 15.0. The van der Waals surface area contributed by atoms with E-state index in [0.717, 1.165) is 10.6 Å². The van der Waals surface area contributed by atoms with Gasteiger partial charge in [0.05, 0.1) is 12.5 Å². The predicted molar refractivity (Wildman–Crippen MR) is 113 cm³/mol. The van der Waals surface area contributed by atoms with Crippen molar-refractivity contribution in [2.75, 3.05) is 18.5 Å². The fourth-order valence-electron chi connectivity index (χ4n) is 3.14. The lowest BCUT2D eigenvalue weighted by Crippen LogP contribution is -2.43. The summed E-state index contributed by atoms with van der Waals surface area (Å²) in [6, 6.07) is 8.64. The molecule has 0 unspecified atom stereocenters. The second-order valence-corrected chi connectivity index (χ2v) is 8.65. The van der Waals surface area contributed by atoms with E-state index in [1.165, 1.54) is 6.07 Å². The molecule has 0 bridgehead atoms. The van der Waals surface area contributed by atoms with E-state index in [1.807, 2.05) is 12.1 Å². The first kappa shape index (κ1) is 23.0. The number of aromatic nitrogens is 1. The summed E-state index contributed by atoms with van der Waals surface area (Å²) in [6.07, 6.45) is -0.119. The fraction of sp³-hybridized carbons (Fsp3) is 0.409. The van der Waals surface area contributed by atoms with Gasteiger partial charge in [-0.2, -0.15) is 0 Å². The van der Waals surface area contributed by atoms with Gasteiger partial charge in [0.1, 0.15) is 5.76 Å². The molecule has 0 aliphatic carbocycles. The minimum absolute atomic E-state index is 0.0341. The lowest BCUT2D eigenvalue weighted by Gasteiger charge is -2.20. The SMILES string of the molecule is Cc1cc(NC(=O)COC(=O)[C@@H]2CC(=O)N(NC(=O)c3ccc(C(C)(C)C)cc3)C2)no1. The van der Waals surface area contributed by atoms with Gasteiger partial charge in [-0.05, 0) is 30.0 Å². The number of ether oxygens (including phenoxy) is 1. The third kappa shape index (κ3) is 5.71. The average Bonchev–Trinajstić information content (AvgIpc) is 3.30. The molecular weight excluding hydrogens is 416 g/mol. The summed E-state index contributed by atoms with van der Waals surface area (Å²) >= 11 is 0. The number of amides is 3. The Balaban J connectivity index is 1.49. The van der Waals surface area contributed by atoms with Crippen molar-refractivity contribution < 1.29 is 28.4 Å². The van der Waals surface area contributed by atoms with Crippen LogP contribution in [0.5, 0.6) is 0 Å². The number of hydrogen-bond donors (Lipinski definition) is 2. The number of carbonyl (C=O) groups excluding carboxylic acids is 4. The number of anilines is 1. The molecule has 3 amide bonds. The molecule has 1 atom stereocenters. The van der Waals surface area contributed by atoms with E-state index in [4.69, 9.17) is 9.26 Å². The first-order valence-corrected chi connectivity index (χ1v) is 10.1. The maximum Gasteiger partial charge on any atom is 0.311 e. The van der Waals surface area contributed by atoms with Gasteiger partial charge in [-0.15, -0.1) is 0 Å². The lowest BCUT2D eigenvalue weighted by molar-refractivity contribution is -0.151. The number of rotatable bonds is 6. The van der Waals surface area contributed by atoms with Crippen molar-refractivity contribution in [3.05, 3.63) is 47.2 Å². The fourth-order valence-corrected chi connectivity index (χ4v) is 3.14. The van der Waals surface area contributed by atoms with Crippen LogP contribution in [0.3, 0.4) is 0 Å².